The molecule has 0 aliphatic carbocycles. The van der Waals surface area contributed by atoms with Gasteiger partial charge in [-0.3, -0.25) is 0 Å². The van der Waals surface area contributed by atoms with E-state index in [0.29, 0.717) is 10.4 Å². The highest BCUT2D eigenvalue weighted by atomic mass is 32.2. The van der Waals surface area contributed by atoms with Gasteiger partial charge in [-0.05, 0) is 25.1 Å². The predicted octanol–water partition coefficient (Wildman–Crippen LogP) is 2.38. The molecule has 1 rings (SSSR count). The average Bonchev–Trinajstić information content (AvgIpc) is 2.35. The number of hydrogen-bond acceptors (Lipinski definition) is 3. The van der Waals surface area contributed by atoms with Crippen LogP contribution < -0.4 is 0 Å². The summed E-state index contributed by atoms with van der Waals surface area (Å²) in [7, 11) is -3.25. The Balaban J connectivity index is 3.39. The number of nitrogens with zero attached hydrogens (tertiary/aromatic N) is 2. The molecule has 0 saturated heterocycles. The molecule has 110 valence electrons. The standard InChI is InChI=1S/C11H10F4N2O2S/c1-7(6-16)17(2)20(18,19)8-3-4-10(12)9(5-8)11(13,14)15/h3-5,7H,1-2H3. The lowest BCUT2D eigenvalue weighted by Crippen LogP contribution is -2.34. The summed E-state index contributed by atoms with van der Waals surface area (Å²) in [6.07, 6.45) is -5.00. The molecule has 0 aliphatic rings. The van der Waals surface area contributed by atoms with Crippen LogP contribution in [-0.2, 0) is 16.2 Å². The fourth-order valence-corrected chi connectivity index (χ4v) is 2.64. The van der Waals surface area contributed by atoms with Crippen molar-refractivity contribution in [3.05, 3.63) is 29.6 Å². The first-order chi connectivity index (χ1) is 9.01. The fourth-order valence-electron chi connectivity index (χ4n) is 1.34. The zero-order chi connectivity index (χ0) is 15.7. The van der Waals surface area contributed by atoms with Crippen molar-refractivity contribution in [2.75, 3.05) is 7.05 Å². The minimum Gasteiger partial charge on any atom is -0.207 e. The highest BCUT2D eigenvalue weighted by Gasteiger charge is 2.36. The van der Waals surface area contributed by atoms with Crippen LogP contribution in [0.2, 0.25) is 0 Å². The first-order valence-corrected chi connectivity index (χ1v) is 6.70. The second-order valence-electron chi connectivity index (χ2n) is 3.97. The summed E-state index contributed by atoms with van der Waals surface area (Å²) in [5.41, 5.74) is -1.67. The normalized spacial score (nSPS) is 14.1. The van der Waals surface area contributed by atoms with E-state index in [1.165, 1.54) is 6.92 Å². The number of sulfonamides is 1. The molecule has 9 heteroatoms. The lowest BCUT2D eigenvalue weighted by Gasteiger charge is -2.19. The predicted molar refractivity (Wildman–Crippen MR) is 61.4 cm³/mol. The molecule has 0 heterocycles. The molecule has 4 nitrogen and oxygen atoms in total. The van der Waals surface area contributed by atoms with Crippen LogP contribution in [-0.4, -0.2) is 25.8 Å². The van der Waals surface area contributed by atoms with Crippen LogP contribution in [0.5, 0.6) is 0 Å². The van der Waals surface area contributed by atoms with E-state index in [0.717, 1.165) is 13.1 Å². The number of nitriles is 1. The van der Waals surface area contributed by atoms with Crippen LogP contribution in [0, 0.1) is 17.1 Å². The van der Waals surface area contributed by atoms with Crippen LogP contribution in [0.25, 0.3) is 0 Å². The van der Waals surface area contributed by atoms with E-state index in [4.69, 9.17) is 5.26 Å². The first-order valence-electron chi connectivity index (χ1n) is 5.26. The van der Waals surface area contributed by atoms with Gasteiger partial charge in [0.1, 0.15) is 11.9 Å². The lowest BCUT2D eigenvalue weighted by molar-refractivity contribution is -0.140. The van der Waals surface area contributed by atoms with Gasteiger partial charge in [0.05, 0.1) is 16.5 Å². The highest BCUT2D eigenvalue weighted by molar-refractivity contribution is 7.89. The maximum absolute atomic E-state index is 13.1. The molecule has 1 unspecified atom stereocenters. The van der Waals surface area contributed by atoms with Crippen molar-refractivity contribution in [1.29, 1.82) is 5.26 Å². The van der Waals surface area contributed by atoms with Crippen molar-refractivity contribution in [2.24, 2.45) is 0 Å². The summed E-state index contributed by atoms with van der Waals surface area (Å²) < 4.78 is 75.4. The molecule has 0 fully saturated rings. The topological polar surface area (TPSA) is 61.2 Å². The van der Waals surface area contributed by atoms with Crippen LogP contribution in [0.1, 0.15) is 12.5 Å². The zero-order valence-corrected chi connectivity index (χ0v) is 11.3. The number of halogens is 4. The zero-order valence-electron chi connectivity index (χ0n) is 10.4. The van der Waals surface area contributed by atoms with Crippen molar-refractivity contribution < 1.29 is 26.0 Å². The Kier molecular flexibility index (Phi) is 4.41. The van der Waals surface area contributed by atoms with Crippen molar-refractivity contribution in [1.82, 2.24) is 4.31 Å². The molecular weight excluding hydrogens is 300 g/mol. The molecule has 0 bridgehead atoms. The molecule has 0 N–H and O–H groups in total. The van der Waals surface area contributed by atoms with Gasteiger partial charge in [-0.15, -0.1) is 0 Å². The summed E-state index contributed by atoms with van der Waals surface area (Å²) in [5.74, 6) is -1.56. The Morgan fingerprint density at radius 1 is 1.35 bits per heavy atom. The number of alkyl halides is 3. The Hall–Kier alpha value is -1.66. The van der Waals surface area contributed by atoms with Crippen LogP contribution >= 0.6 is 0 Å². The Bertz CT molecular complexity index is 649. The molecule has 0 amide bonds. The molecule has 20 heavy (non-hydrogen) atoms. The molecule has 1 aromatic carbocycles. The van der Waals surface area contributed by atoms with E-state index in [1.54, 1.807) is 6.07 Å². The van der Waals surface area contributed by atoms with E-state index in [9.17, 15) is 26.0 Å². The maximum atomic E-state index is 13.1. The van der Waals surface area contributed by atoms with Crippen molar-refractivity contribution in [3.63, 3.8) is 0 Å². The van der Waals surface area contributed by atoms with Gasteiger partial charge in [0.15, 0.2) is 0 Å². The van der Waals surface area contributed by atoms with Gasteiger partial charge in [0, 0.05) is 7.05 Å². The monoisotopic (exact) mass is 310 g/mol. The van der Waals surface area contributed by atoms with Crippen molar-refractivity contribution in [3.8, 4) is 6.07 Å². The van der Waals surface area contributed by atoms with E-state index >= 15 is 0 Å². The van der Waals surface area contributed by atoms with Gasteiger partial charge in [-0.2, -0.15) is 22.7 Å². The van der Waals surface area contributed by atoms with Gasteiger partial charge in [-0.25, -0.2) is 12.8 Å². The molecule has 0 aromatic heterocycles. The third-order valence-electron chi connectivity index (χ3n) is 2.65. The second kappa shape index (κ2) is 5.38. The fraction of sp³-hybridized carbons (Fsp3) is 0.364. The van der Waals surface area contributed by atoms with Gasteiger partial charge >= 0.3 is 6.18 Å². The molecule has 0 radical (unpaired) electrons. The maximum Gasteiger partial charge on any atom is 0.419 e. The summed E-state index contributed by atoms with van der Waals surface area (Å²) >= 11 is 0. The molecular formula is C11H10F4N2O2S. The third-order valence-corrected chi connectivity index (χ3v) is 4.58. The van der Waals surface area contributed by atoms with Crippen LogP contribution in [0.15, 0.2) is 23.1 Å². The number of rotatable bonds is 3. The quantitative estimate of drug-likeness (QED) is 0.805. The Morgan fingerprint density at radius 3 is 2.35 bits per heavy atom. The SMILES string of the molecule is CC(C#N)N(C)S(=O)(=O)c1ccc(F)c(C(F)(F)F)c1. The largest absolute Gasteiger partial charge is 0.419 e. The molecule has 0 saturated carbocycles. The third kappa shape index (κ3) is 3.08. The van der Waals surface area contributed by atoms with Crippen LogP contribution in [0.4, 0.5) is 17.6 Å². The summed E-state index contributed by atoms with van der Waals surface area (Å²) in [4.78, 5) is -0.726. The summed E-state index contributed by atoms with van der Waals surface area (Å²) in [6.45, 7) is 1.27. The van der Waals surface area contributed by atoms with E-state index < -0.39 is 38.5 Å². The minimum atomic E-state index is -5.00. The molecule has 0 aliphatic heterocycles. The van der Waals surface area contributed by atoms with Gasteiger partial charge in [0.25, 0.3) is 0 Å². The Labute approximate surface area is 113 Å². The summed E-state index contributed by atoms with van der Waals surface area (Å²) in [6, 6.07) is 1.94. The lowest BCUT2D eigenvalue weighted by atomic mass is 10.2. The highest BCUT2D eigenvalue weighted by Crippen LogP contribution is 2.33. The molecule has 0 spiro atoms. The van der Waals surface area contributed by atoms with Gasteiger partial charge in [0.2, 0.25) is 10.0 Å². The van der Waals surface area contributed by atoms with Gasteiger partial charge in [-0.1, -0.05) is 0 Å². The van der Waals surface area contributed by atoms with Crippen LogP contribution in [0.3, 0.4) is 0 Å². The van der Waals surface area contributed by atoms with E-state index in [-0.39, 0.29) is 6.07 Å². The van der Waals surface area contributed by atoms with E-state index in [1.807, 2.05) is 0 Å². The second-order valence-corrected chi connectivity index (χ2v) is 5.96. The Morgan fingerprint density at radius 2 is 1.90 bits per heavy atom. The number of benzene rings is 1. The molecule has 1 aromatic rings. The van der Waals surface area contributed by atoms with Gasteiger partial charge < -0.3 is 0 Å². The molecule has 1 atom stereocenters. The average molecular weight is 310 g/mol. The smallest absolute Gasteiger partial charge is 0.207 e. The number of hydrogen-bond donors (Lipinski definition) is 0. The first kappa shape index (κ1) is 16.4. The summed E-state index contributed by atoms with van der Waals surface area (Å²) in [5, 5.41) is 8.65. The van der Waals surface area contributed by atoms with Crippen molar-refractivity contribution >= 4 is 10.0 Å². The van der Waals surface area contributed by atoms with Crippen molar-refractivity contribution in [2.45, 2.75) is 24.0 Å². The minimum absolute atomic E-state index is 0.214. The van der Waals surface area contributed by atoms with E-state index in [2.05, 4.69) is 0 Å².